The van der Waals surface area contributed by atoms with Crippen LogP contribution in [0.15, 0.2) is 40.7 Å². The second-order valence-electron chi connectivity index (χ2n) is 5.60. The van der Waals surface area contributed by atoms with Crippen molar-refractivity contribution in [3.8, 4) is 0 Å². The molecule has 2 fully saturated rings. The molecule has 2 aliphatic carbocycles. The molecule has 1 aliphatic heterocycles. The summed E-state index contributed by atoms with van der Waals surface area (Å²) in [6.45, 7) is 0.925. The van der Waals surface area contributed by atoms with E-state index in [1.807, 2.05) is 0 Å². The third-order valence-electron chi connectivity index (χ3n) is 4.66. The number of fused-ring (bicyclic) bond motifs is 5. The largest absolute Gasteiger partial charge is 0.269 e. The van der Waals surface area contributed by atoms with Gasteiger partial charge in [-0.25, -0.2) is 0 Å². The molecule has 1 aromatic carbocycles. The quantitative estimate of drug-likeness (QED) is 0.763. The van der Waals surface area contributed by atoms with Gasteiger partial charge in [-0.2, -0.15) is 5.11 Å². The van der Waals surface area contributed by atoms with E-state index >= 15 is 0 Å². The summed E-state index contributed by atoms with van der Waals surface area (Å²) in [5.74, 6) is 1.68. The molecule has 0 aromatic heterocycles. The van der Waals surface area contributed by atoms with Crippen molar-refractivity contribution in [2.24, 2.45) is 22.2 Å². The van der Waals surface area contributed by atoms with Gasteiger partial charge in [-0.05, 0) is 36.7 Å². The van der Waals surface area contributed by atoms with E-state index < -0.39 is 0 Å². The van der Waals surface area contributed by atoms with Crippen molar-refractivity contribution in [1.82, 2.24) is 5.01 Å². The second kappa shape index (κ2) is 3.56. The van der Waals surface area contributed by atoms with E-state index in [0.717, 1.165) is 18.4 Å². The van der Waals surface area contributed by atoms with Crippen LogP contribution in [0.2, 0.25) is 0 Å². The molecule has 0 radical (unpaired) electrons. The van der Waals surface area contributed by atoms with Crippen LogP contribution >= 0.6 is 0 Å². The minimum Gasteiger partial charge on any atom is -0.269 e. The van der Waals surface area contributed by atoms with Gasteiger partial charge >= 0.3 is 0 Å². The Bertz CT molecular complexity index is 442. The molecule has 0 amide bonds. The second-order valence-corrected chi connectivity index (χ2v) is 5.60. The lowest BCUT2D eigenvalue weighted by atomic mass is 9.91. The molecule has 1 heterocycles. The average molecular weight is 227 g/mol. The van der Waals surface area contributed by atoms with Crippen molar-refractivity contribution in [3.63, 3.8) is 0 Å². The molecule has 88 valence electrons. The first-order valence-corrected chi connectivity index (χ1v) is 6.63. The molecule has 3 aliphatic rings. The highest BCUT2D eigenvalue weighted by atomic mass is 15.6. The molecule has 0 saturated heterocycles. The molecule has 4 atom stereocenters. The Morgan fingerprint density at radius 2 is 1.94 bits per heavy atom. The molecule has 2 saturated carbocycles. The van der Waals surface area contributed by atoms with Crippen LogP contribution in [-0.4, -0.2) is 17.1 Å². The van der Waals surface area contributed by atoms with Gasteiger partial charge in [0.15, 0.2) is 0 Å². The van der Waals surface area contributed by atoms with Crippen LogP contribution in [0.25, 0.3) is 0 Å². The van der Waals surface area contributed by atoms with E-state index in [2.05, 4.69) is 45.7 Å². The van der Waals surface area contributed by atoms with Crippen molar-refractivity contribution < 1.29 is 0 Å². The zero-order chi connectivity index (χ0) is 11.2. The van der Waals surface area contributed by atoms with Gasteiger partial charge in [-0.1, -0.05) is 35.6 Å². The third-order valence-corrected chi connectivity index (χ3v) is 4.66. The SMILES string of the molecule is c1ccc(CN2N=NC3C4CCC(C4)C32)cc1. The number of rotatable bonds is 2. The van der Waals surface area contributed by atoms with Gasteiger partial charge in [-0.15, -0.1) is 0 Å². The van der Waals surface area contributed by atoms with E-state index in [0.29, 0.717) is 12.1 Å². The molecule has 4 unspecified atom stereocenters. The molecule has 17 heavy (non-hydrogen) atoms. The monoisotopic (exact) mass is 227 g/mol. The standard InChI is InChI=1S/C14H17N3/c1-2-4-10(5-3-1)9-17-14-12-7-6-11(8-12)13(14)15-16-17/h1-5,11-14H,6-9H2. The van der Waals surface area contributed by atoms with Gasteiger partial charge in [-0.3, -0.25) is 5.01 Å². The average Bonchev–Trinajstić information content (AvgIpc) is 3.03. The van der Waals surface area contributed by atoms with Crippen LogP contribution in [0.5, 0.6) is 0 Å². The Hall–Kier alpha value is -1.38. The lowest BCUT2D eigenvalue weighted by molar-refractivity contribution is 0.161. The van der Waals surface area contributed by atoms with Crippen LogP contribution in [-0.2, 0) is 6.54 Å². The molecule has 1 aromatic rings. The maximum Gasteiger partial charge on any atom is 0.0980 e. The number of hydrogen-bond donors (Lipinski definition) is 0. The van der Waals surface area contributed by atoms with Gasteiger partial charge in [0, 0.05) is 0 Å². The van der Waals surface area contributed by atoms with Crippen molar-refractivity contribution in [1.29, 1.82) is 0 Å². The van der Waals surface area contributed by atoms with Gasteiger partial charge in [0.05, 0.1) is 18.6 Å². The molecule has 3 nitrogen and oxygen atoms in total. The summed E-state index contributed by atoms with van der Waals surface area (Å²) in [4.78, 5) is 0. The fourth-order valence-corrected chi connectivity index (χ4v) is 3.91. The van der Waals surface area contributed by atoms with E-state index in [1.165, 1.54) is 24.8 Å². The first-order chi connectivity index (χ1) is 8.42. The van der Waals surface area contributed by atoms with E-state index in [-0.39, 0.29) is 0 Å². The highest BCUT2D eigenvalue weighted by Gasteiger charge is 2.53. The molecule has 2 bridgehead atoms. The minimum atomic E-state index is 0.512. The lowest BCUT2D eigenvalue weighted by Gasteiger charge is -2.29. The van der Waals surface area contributed by atoms with Crippen LogP contribution in [0.4, 0.5) is 0 Å². The molecule has 3 heteroatoms. The highest BCUT2D eigenvalue weighted by molar-refractivity contribution is 5.16. The summed E-state index contributed by atoms with van der Waals surface area (Å²) in [7, 11) is 0. The smallest absolute Gasteiger partial charge is 0.0980 e. The van der Waals surface area contributed by atoms with Crippen LogP contribution in [0.1, 0.15) is 24.8 Å². The number of benzene rings is 1. The zero-order valence-electron chi connectivity index (χ0n) is 9.87. The van der Waals surface area contributed by atoms with Crippen molar-refractivity contribution in [2.75, 3.05) is 0 Å². The molecule has 0 N–H and O–H groups in total. The number of hydrogen-bond acceptors (Lipinski definition) is 3. The fourth-order valence-electron chi connectivity index (χ4n) is 3.91. The summed E-state index contributed by atoms with van der Waals surface area (Å²) in [6, 6.07) is 11.7. The van der Waals surface area contributed by atoms with E-state index in [4.69, 9.17) is 0 Å². The normalized spacial score (nSPS) is 37.8. The summed E-state index contributed by atoms with van der Waals surface area (Å²) >= 11 is 0. The summed E-state index contributed by atoms with van der Waals surface area (Å²) in [5, 5.41) is 11.2. The lowest BCUT2D eigenvalue weighted by Crippen LogP contribution is -2.38. The number of nitrogens with zero attached hydrogens (tertiary/aromatic N) is 3. The van der Waals surface area contributed by atoms with Crippen molar-refractivity contribution in [3.05, 3.63) is 35.9 Å². The molecule has 4 rings (SSSR count). The predicted molar refractivity (Wildman–Crippen MR) is 65.2 cm³/mol. The van der Waals surface area contributed by atoms with Crippen molar-refractivity contribution in [2.45, 2.75) is 37.9 Å². The Kier molecular flexibility index (Phi) is 2.01. The maximum atomic E-state index is 4.51. The van der Waals surface area contributed by atoms with Gasteiger partial charge in [0.1, 0.15) is 0 Å². The molecule has 0 spiro atoms. The Morgan fingerprint density at radius 1 is 1.12 bits per heavy atom. The van der Waals surface area contributed by atoms with Crippen molar-refractivity contribution >= 4 is 0 Å². The first kappa shape index (κ1) is 9.63. The Balaban J connectivity index is 1.55. The van der Waals surface area contributed by atoms with E-state index in [1.54, 1.807) is 0 Å². The third kappa shape index (κ3) is 1.41. The molecular formula is C14H17N3. The van der Waals surface area contributed by atoms with Gasteiger partial charge in [0.25, 0.3) is 0 Å². The fraction of sp³-hybridized carbons (Fsp3) is 0.571. The van der Waals surface area contributed by atoms with Crippen LogP contribution < -0.4 is 0 Å². The molecular weight excluding hydrogens is 210 g/mol. The first-order valence-electron chi connectivity index (χ1n) is 6.63. The summed E-state index contributed by atoms with van der Waals surface area (Å²) in [6.07, 6.45) is 4.16. The van der Waals surface area contributed by atoms with Gasteiger partial charge in [0.2, 0.25) is 0 Å². The van der Waals surface area contributed by atoms with Gasteiger partial charge < -0.3 is 0 Å². The van der Waals surface area contributed by atoms with E-state index in [9.17, 15) is 0 Å². The van der Waals surface area contributed by atoms with Crippen LogP contribution in [0.3, 0.4) is 0 Å². The highest BCUT2D eigenvalue weighted by Crippen LogP contribution is 2.50. The topological polar surface area (TPSA) is 28.0 Å². The summed E-state index contributed by atoms with van der Waals surface area (Å²) in [5.41, 5.74) is 1.34. The maximum absolute atomic E-state index is 4.51. The predicted octanol–water partition coefficient (Wildman–Crippen LogP) is 3.04. The zero-order valence-corrected chi connectivity index (χ0v) is 9.87. The minimum absolute atomic E-state index is 0.512. The Morgan fingerprint density at radius 3 is 2.82 bits per heavy atom. The van der Waals surface area contributed by atoms with Crippen LogP contribution in [0, 0.1) is 11.8 Å². The Labute approximate surface area is 102 Å². The summed E-state index contributed by atoms with van der Waals surface area (Å²) < 4.78 is 0.